The largest absolute Gasteiger partial charge is 0.364 e. The van der Waals surface area contributed by atoms with Crippen molar-refractivity contribution in [2.45, 2.75) is 26.7 Å². The number of amides is 3. The molecule has 0 spiro atoms. The average Bonchev–Trinajstić information content (AvgIpc) is 2.77. The third kappa shape index (κ3) is 7.61. The molecule has 10 nitrogen and oxygen atoms in total. The summed E-state index contributed by atoms with van der Waals surface area (Å²) in [5.74, 6) is -0.762. The van der Waals surface area contributed by atoms with Gasteiger partial charge in [-0.25, -0.2) is 9.97 Å². The maximum absolute atomic E-state index is 12.2. The summed E-state index contributed by atoms with van der Waals surface area (Å²) in [4.78, 5) is 48.5. The summed E-state index contributed by atoms with van der Waals surface area (Å²) in [6, 6.07) is 7.57. The van der Waals surface area contributed by atoms with E-state index in [-0.39, 0.29) is 24.1 Å². The average molecular weight is 480 g/mol. The first-order chi connectivity index (χ1) is 16.7. The van der Waals surface area contributed by atoms with E-state index in [9.17, 15) is 14.4 Å². The second-order valence-corrected chi connectivity index (χ2v) is 8.63. The van der Waals surface area contributed by atoms with Crippen molar-refractivity contribution in [1.82, 2.24) is 25.1 Å². The number of aryl methyl sites for hydroxylation is 2. The topological polar surface area (TPSA) is 134 Å². The standard InChI is InChI=1S/C25H33N7O3/c1-17-18(2)29-25(23(28-17)24(26)35)30-20-8-4-7-19(15-20)10-11-27-21(33)16-31(3)22(34)9-5-12-32-13-6-14-32/h4-5,7-9,15H,6,10-14,16H2,1-3H3,(H2,26,35)(H,27,33)(H,29,30)/b9-5+. The molecule has 1 saturated heterocycles. The Hall–Kier alpha value is -3.79. The summed E-state index contributed by atoms with van der Waals surface area (Å²) in [6.07, 6.45) is 5.16. The Morgan fingerprint density at radius 1 is 1.17 bits per heavy atom. The van der Waals surface area contributed by atoms with Crippen LogP contribution in [0.5, 0.6) is 0 Å². The lowest BCUT2D eigenvalue weighted by Crippen LogP contribution is -2.39. The van der Waals surface area contributed by atoms with Gasteiger partial charge in [-0.05, 0) is 57.5 Å². The maximum atomic E-state index is 12.2. The summed E-state index contributed by atoms with van der Waals surface area (Å²) in [7, 11) is 1.61. The van der Waals surface area contributed by atoms with Crippen LogP contribution in [0.1, 0.15) is 33.9 Å². The van der Waals surface area contributed by atoms with Gasteiger partial charge >= 0.3 is 0 Å². The number of carbonyl (C=O) groups is 3. The highest BCUT2D eigenvalue weighted by Gasteiger charge is 2.15. The Balaban J connectivity index is 1.48. The van der Waals surface area contributed by atoms with Gasteiger partial charge in [0.2, 0.25) is 11.8 Å². The Labute approximate surface area is 205 Å². The highest BCUT2D eigenvalue weighted by molar-refractivity contribution is 5.96. The van der Waals surface area contributed by atoms with Crippen molar-refractivity contribution in [3.63, 3.8) is 0 Å². The van der Waals surface area contributed by atoms with Gasteiger partial charge in [-0.3, -0.25) is 19.3 Å². The molecule has 4 N–H and O–H groups in total. The lowest BCUT2D eigenvalue weighted by Gasteiger charge is -2.29. The molecule has 1 aromatic heterocycles. The predicted octanol–water partition coefficient (Wildman–Crippen LogP) is 1.31. The lowest BCUT2D eigenvalue weighted by molar-refractivity contribution is -0.131. The zero-order valence-electron chi connectivity index (χ0n) is 20.5. The second-order valence-electron chi connectivity index (χ2n) is 8.63. The lowest BCUT2D eigenvalue weighted by atomic mass is 10.1. The van der Waals surface area contributed by atoms with Crippen LogP contribution in [0.15, 0.2) is 36.4 Å². The monoisotopic (exact) mass is 479 g/mol. The molecular formula is C25H33N7O3. The number of primary amides is 1. The first-order valence-electron chi connectivity index (χ1n) is 11.6. The minimum absolute atomic E-state index is 0.00415. The van der Waals surface area contributed by atoms with Crippen LogP contribution in [0, 0.1) is 13.8 Å². The van der Waals surface area contributed by atoms with E-state index in [0.29, 0.717) is 30.2 Å². The molecule has 0 radical (unpaired) electrons. The van der Waals surface area contributed by atoms with Crippen LogP contribution in [0.2, 0.25) is 0 Å². The van der Waals surface area contributed by atoms with Crippen LogP contribution in [-0.2, 0) is 16.0 Å². The van der Waals surface area contributed by atoms with E-state index < -0.39 is 5.91 Å². The summed E-state index contributed by atoms with van der Waals surface area (Å²) in [5.41, 5.74) is 8.59. The molecule has 1 fully saturated rings. The third-order valence-electron chi connectivity index (χ3n) is 5.80. The quantitative estimate of drug-likeness (QED) is 0.414. The molecule has 1 aliphatic rings. The molecule has 10 heteroatoms. The van der Waals surface area contributed by atoms with Crippen molar-refractivity contribution in [1.29, 1.82) is 0 Å². The maximum Gasteiger partial charge on any atom is 0.271 e. The van der Waals surface area contributed by atoms with E-state index in [1.165, 1.54) is 17.4 Å². The smallest absolute Gasteiger partial charge is 0.271 e. The number of nitrogens with two attached hydrogens (primary N) is 1. The van der Waals surface area contributed by atoms with E-state index in [1.807, 2.05) is 37.3 Å². The van der Waals surface area contributed by atoms with Gasteiger partial charge in [0.15, 0.2) is 11.5 Å². The van der Waals surface area contributed by atoms with Crippen molar-refractivity contribution in [3.8, 4) is 0 Å². The van der Waals surface area contributed by atoms with Gasteiger partial charge in [-0.1, -0.05) is 18.2 Å². The molecule has 3 amide bonds. The fourth-order valence-electron chi connectivity index (χ4n) is 3.49. The molecule has 3 rings (SSSR count). The third-order valence-corrected chi connectivity index (χ3v) is 5.80. The number of likely N-dealkylation sites (tertiary alicyclic amines) is 1. The van der Waals surface area contributed by atoms with Gasteiger partial charge in [0.05, 0.1) is 17.9 Å². The molecule has 35 heavy (non-hydrogen) atoms. The number of hydrogen-bond acceptors (Lipinski definition) is 7. The fraction of sp³-hybridized carbons (Fsp3) is 0.400. The van der Waals surface area contributed by atoms with Crippen LogP contribution in [-0.4, -0.2) is 77.3 Å². The van der Waals surface area contributed by atoms with Gasteiger partial charge in [0.1, 0.15) is 0 Å². The number of nitrogens with zero attached hydrogens (tertiary/aromatic N) is 4. The Kier molecular flexibility index (Phi) is 8.91. The van der Waals surface area contributed by atoms with Crippen molar-refractivity contribution >= 4 is 29.2 Å². The molecule has 1 aromatic carbocycles. The van der Waals surface area contributed by atoms with Gasteiger partial charge in [-0.2, -0.15) is 0 Å². The van der Waals surface area contributed by atoms with E-state index in [0.717, 1.165) is 30.9 Å². The normalized spacial score (nSPS) is 13.3. The number of hydrogen-bond donors (Lipinski definition) is 3. The van der Waals surface area contributed by atoms with Gasteiger partial charge in [0.25, 0.3) is 5.91 Å². The predicted molar refractivity (Wildman–Crippen MR) is 134 cm³/mol. The van der Waals surface area contributed by atoms with Crippen LogP contribution in [0.4, 0.5) is 11.5 Å². The summed E-state index contributed by atoms with van der Waals surface area (Å²) >= 11 is 0. The molecule has 2 aromatic rings. The summed E-state index contributed by atoms with van der Waals surface area (Å²) in [5, 5.41) is 5.96. The van der Waals surface area contributed by atoms with Gasteiger partial charge in [0, 0.05) is 31.9 Å². The van der Waals surface area contributed by atoms with E-state index in [4.69, 9.17) is 5.73 Å². The number of carbonyl (C=O) groups excluding carboxylic acids is 3. The van der Waals surface area contributed by atoms with Crippen molar-refractivity contribution in [2.24, 2.45) is 5.73 Å². The van der Waals surface area contributed by atoms with E-state index >= 15 is 0 Å². The Morgan fingerprint density at radius 3 is 2.60 bits per heavy atom. The van der Waals surface area contributed by atoms with Crippen LogP contribution in [0.25, 0.3) is 0 Å². The molecule has 186 valence electrons. The minimum atomic E-state index is -0.656. The molecule has 2 heterocycles. The zero-order chi connectivity index (χ0) is 25.4. The van der Waals surface area contributed by atoms with E-state index in [1.54, 1.807) is 14.0 Å². The number of benzene rings is 1. The molecule has 0 bridgehead atoms. The zero-order valence-corrected chi connectivity index (χ0v) is 20.5. The minimum Gasteiger partial charge on any atom is -0.364 e. The SMILES string of the molecule is Cc1nc(Nc2cccc(CCNC(=O)CN(C)C(=O)/C=C/CN3CCC3)c2)c(C(N)=O)nc1C. The van der Waals surface area contributed by atoms with Crippen LogP contribution >= 0.6 is 0 Å². The highest BCUT2D eigenvalue weighted by atomic mass is 16.2. The summed E-state index contributed by atoms with van der Waals surface area (Å²) in [6.45, 7) is 6.91. The van der Waals surface area contributed by atoms with E-state index in [2.05, 4.69) is 25.5 Å². The molecule has 0 saturated carbocycles. The molecule has 0 atom stereocenters. The number of nitrogens with one attached hydrogen (secondary N) is 2. The Morgan fingerprint density at radius 2 is 1.91 bits per heavy atom. The molecule has 0 aliphatic carbocycles. The number of aromatic nitrogens is 2. The van der Waals surface area contributed by atoms with Crippen LogP contribution in [0.3, 0.4) is 0 Å². The van der Waals surface area contributed by atoms with Crippen molar-refractivity contribution < 1.29 is 14.4 Å². The summed E-state index contributed by atoms with van der Waals surface area (Å²) < 4.78 is 0. The fourth-order valence-corrected chi connectivity index (χ4v) is 3.49. The molecule has 1 aliphatic heterocycles. The van der Waals surface area contributed by atoms with Crippen molar-refractivity contribution in [3.05, 3.63) is 59.1 Å². The second kappa shape index (κ2) is 12.1. The first kappa shape index (κ1) is 25.8. The molecule has 0 unspecified atom stereocenters. The van der Waals surface area contributed by atoms with Crippen LogP contribution < -0.4 is 16.4 Å². The molecular weight excluding hydrogens is 446 g/mol. The number of anilines is 2. The highest BCUT2D eigenvalue weighted by Crippen LogP contribution is 2.20. The first-order valence-corrected chi connectivity index (χ1v) is 11.6. The Bertz CT molecular complexity index is 1110. The van der Waals surface area contributed by atoms with Crippen molar-refractivity contribution in [2.75, 3.05) is 45.1 Å². The van der Waals surface area contributed by atoms with Gasteiger partial charge in [-0.15, -0.1) is 0 Å². The van der Waals surface area contributed by atoms with Gasteiger partial charge < -0.3 is 21.3 Å². The number of rotatable bonds is 11. The number of likely N-dealkylation sites (N-methyl/N-ethyl adjacent to an activating group) is 1.